The van der Waals surface area contributed by atoms with Gasteiger partial charge in [0.2, 0.25) is 5.72 Å². The summed E-state index contributed by atoms with van der Waals surface area (Å²) in [7, 11) is 1.26. The largest absolute Gasteiger partial charge is 0.366 e. The first-order valence-electron chi connectivity index (χ1n) is 6.56. The van der Waals surface area contributed by atoms with E-state index in [1.807, 2.05) is 0 Å². The number of nitrogens with zero attached hydrogens (tertiary/aromatic N) is 1. The van der Waals surface area contributed by atoms with E-state index in [1.54, 1.807) is 25.1 Å². The average molecular weight is 301 g/mol. The highest BCUT2D eigenvalue weighted by molar-refractivity contribution is 5.76. The first-order chi connectivity index (χ1) is 9.84. The van der Waals surface area contributed by atoms with E-state index < -0.39 is 30.1 Å². The minimum absolute atomic E-state index is 0.0178. The first kappa shape index (κ1) is 15.8. The van der Waals surface area contributed by atoms with E-state index in [1.165, 1.54) is 19.2 Å². The van der Waals surface area contributed by atoms with Gasteiger partial charge in [0.25, 0.3) is 5.92 Å². The van der Waals surface area contributed by atoms with Crippen LogP contribution in [0, 0.1) is 0 Å². The van der Waals surface area contributed by atoms with Crippen molar-refractivity contribution in [3.8, 4) is 0 Å². The van der Waals surface area contributed by atoms with Crippen molar-refractivity contribution >= 4 is 5.97 Å². The molecule has 1 aromatic rings. The van der Waals surface area contributed by atoms with Crippen LogP contribution in [0.4, 0.5) is 8.78 Å². The SMILES string of the molecule is CCOOC(=O)C1CC(F)(F)C(O)(c2ccccc2)N1C. The maximum atomic E-state index is 14.3. The van der Waals surface area contributed by atoms with Gasteiger partial charge in [-0.2, -0.15) is 4.89 Å². The number of hydrogen-bond donors (Lipinski definition) is 1. The zero-order valence-electron chi connectivity index (χ0n) is 11.8. The topological polar surface area (TPSA) is 59.0 Å². The van der Waals surface area contributed by atoms with Crippen molar-refractivity contribution in [3.05, 3.63) is 35.9 Å². The molecule has 21 heavy (non-hydrogen) atoms. The summed E-state index contributed by atoms with van der Waals surface area (Å²) in [4.78, 5) is 21.6. The first-order valence-corrected chi connectivity index (χ1v) is 6.56. The zero-order valence-corrected chi connectivity index (χ0v) is 11.8. The summed E-state index contributed by atoms with van der Waals surface area (Å²) >= 11 is 0. The van der Waals surface area contributed by atoms with Crippen molar-refractivity contribution in [1.29, 1.82) is 0 Å². The fourth-order valence-electron chi connectivity index (χ4n) is 2.50. The Bertz CT molecular complexity index is 511. The molecule has 1 aliphatic heterocycles. The maximum absolute atomic E-state index is 14.3. The summed E-state index contributed by atoms with van der Waals surface area (Å²) in [5.74, 6) is -4.45. The van der Waals surface area contributed by atoms with Crippen LogP contribution >= 0.6 is 0 Å². The molecule has 1 N–H and O–H groups in total. The van der Waals surface area contributed by atoms with Gasteiger partial charge >= 0.3 is 5.97 Å². The van der Waals surface area contributed by atoms with E-state index in [2.05, 4.69) is 9.78 Å². The van der Waals surface area contributed by atoms with Gasteiger partial charge in [-0.3, -0.25) is 9.79 Å². The number of alkyl halides is 2. The Hall–Kier alpha value is -1.57. The standard InChI is InChI=1S/C14H17F2NO4/c1-3-20-21-12(18)11-9-13(15,16)14(19,17(11)2)10-7-5-4-6-8-10/h4-8,11,19H,3,9H2,1-2H3. The van der Waals surface area contributed by atoms with E-state index in [0.717, 1.165) is 4.90 Å². The molecule has 2 unspecified atom stereocenters. The van der Waals surface area contributed by atoms with Crippen LogP contribution < -0.4 is 0 Å². The highest BCUT2D eigenvalue weighted by atomic mass is 19.3. The molecule has 0 spiro atoms. The average Bonchev–Trinajstić information content (AvgIpc) is 2.67. The van der Waals surface area contributed by atoms with Gasteiger partial charge in [-0.25, -0.2) is 13.6 Å². The fraction of sp³-hybridized carbons (Fsp3) is 0.500. The maximum Gasteiger partial charge on any atom is 0.359 e. The van der Waals surface area contributed by atoms with Crippen LogP contribution in [-0.2, 0) is 20.3 Å². The molecule has 0 amide bonds. The quantitative estimate of drug-likeness (QED) is 0.677. The fourth-order valence-corrected chi connectivity index (χ4v) is 2.50. The molecule has 0 aliphatic carbocycles. The molecular weight excluding hydrogens is 284 g/mol. The predicted molar refractivity (Wildman–Crippen MR) is 69.2 cm³/mol. The number of carbonyl (C=O) groups is 1. The van der Waals surface area contributed by atoms with Gasteiger partial charge in [0, 0.05) is 12.0 Å². The van der Waals surface area contributed by atoms with E-state index in [0.29, 0.717) is 0 Å². The number of benzene rings is 1. The van der Waals surface area contributed by atoms with Crippen LogP contribution in [0.15, 0.2) is 30.3 Å². The normalized spacial score (nSPS) is 28.5. The van der Waals surface area contributed by atoms with Crippen molar-refractivity contribution in [2.45, 2.75) is 31.0 Å². The molecule has 1 fully saturated rings. The number of hydrogen-bond acceptors (Lipinski definition) is 5. The number of likely N-dealkylation sites (tertiary alicyclic amines) is 1. The highest BCUT2D eigenvalue weighted by Crippen LogP contribution is 2.50. The third-order valence-corrected chi connectivity index (χ3v) is 3.65. The van der Waals surface area contributed by atoms with Crippen LogP contribution in [0.1, 0.15) is 18.9 Å². The second-order valence-corrected chi connectivity index (χ2v) is 4.88. The van der Waals surface area contributed by atoms with Crippen LogP contribution in [0.25, 0.3) is 0 Å². The Kier molecular flexibility index (Phi) is 4.27. The van der Waals surface area contributed by atoms with E-state index in [9.17, 15) is 18.7 Å². The molecule has 1 aliphatic rings. The lowest BCUT2D eigenvalue weighted by atomic mass is 9.97. The summed E-state index contributed by atoms with van der Waals surface area (Å²) in [5.41, 5.74) is -2.55. The summed E-state index contributed by atoms with van der Waals surface area (Å²) in [6.07, 6.45) is -0.846. The Morgan fingerprint density at radius 1 is 1.43 bits per heavy atom. The van der Waals surface area contributed by atoms with Crippen molar-refractivity contribution in [2.75, 3.05) is 13.7 Å². The summed E-state index contributed by atoms with van der Waals surface area (Å²) < 4.78 is 28.6. The monoisotopic (exact) mass is 301 g/mol. The molecule has 0 bridgehead atoms. The van der Waals surface area contributed by atoms with Gasteiger partial charge in [0.1, 0.15) is 6.04 Å². The molecule has 0 radical (unpaired) electrons. The second kappa shape index (κ2) is 5.67. The third kappa shape index (κ3) is 2.52. The minimum atomic E-state index is -3.50. The van der Waals surface area contributed by atoms with Crippen molar-refractivity contribution in [2.24, 2.45) is 0 Å². The lowest BCUT2D eigenvalue weighted by Crippen LogP contribution is -2.51. The number of halogens is 2. The smallest absolute Gasteiger partial charge is 0.359 e. The Morgan fingerprint density at radius 2 is 2.05 bits per heavy atom. The van der Waals surface area contributed by atoms with Gasteiger partial charge in [0.15, 0.2) is 0 Å². The number of rotatable bonds is 4. The van der Waals surface area contributed by atoms with E-state index in [-0.39, 0.29) is 12.2 Å². The van der Waals surface area contributed by atoms with Crippen molar-refractivity contribution < 1.29 is 28.5 Å². The Labute approximate surface area is 121 Å². The molecule has 2 rings (SSSR count). The van der Waals surface area contributed by atoms with Gasteiger partial charge < -0.3 is 5.11 Å². The van der Waals surface area contributed by atoms with Crippen LogP contribution in [-0.4, -0.2) is 41.6 Å². The minimum Gasteiger partial charge on any atom is -0.366 e. The third-order valence-electron chi connectivity index (χ3n) is 3.65. The molecule has 5 nitrogen and oxygen atoms in total. The van der Waals surface area contributed by atoms with Crippen molar-refractivity contribution in [1.82, 2.24) is 4.90 Å². The Morgan fingerprint density at radius 3 is 2.62 bits per heavy atom. The molecule has 7 heteroatoms. The van der Waals surface area contributed by atoms with Gasteiger partial charge in [-0.1, -0.05) is 30.3 Å². The van der Waals surface area contributed by atoms with E-state index in [4.69, 9.17) is 0 Å². The molecule has 1 aromatic carbocycles. The summed E-state index contributed by atoms with van der Waals surface area (Å²) in [5, 5.41) is 10.5. The molecule has 0 saturated carbocycles. The highest BCUT2D eigenvalue weighted by Gasteiger charge is 2.66. The summed E-state index contributed by atoms with van der Waals surface area (Å²) in [6.45, 7) is 1.71. The molecule has 1 saturated heterocycles. The van der Waals surface area contributed by atoms with Gasteiger partial charge in [-0.15, -0.1) is 0 Å². The number of aliphatic hydroxyl groups is 1. The molecular formula is C14H17F2NO4. The Balaban J connectivity index is 2.33. The lowest BCUT2D eigenvalue weighted by molar-refractivity contribution is -0.275. The number of likely N-dealkylation sites (N-methyl/N-ethyl adjacent to an activating group) is 1. The second-order valence-electron chi connectivity index (χ2n) is 4.88. The zero-order chi connectivity index (χ0) is 15.7. The van der Waals surface area contributed by atoms with Crippen molar-refractivity contribution in [3.63, 3.8) is 0 Å². The molecule has 116 valence electrons. The molecule has 2 atom stereocenters. The van der Waals surface area contributed by atoms with Crippen LogP contribution in [0.5, 0.6) is 0 Å². The molecule has 0 aromatic heterocycles. The van der Waals surface area contributed by atoms with Gasteiger partial charge in [-0.05, 0) is 14.0 Å². The molecule has 1 heterocycles. The predicted octanol–water partition coefficient (Wildman–Crippen LogP) is 1.67. The lowest BCUT2D eigenvalue weighted by Gasteiger charge is -2.35. The van der Waals surface area contributed by atoms with E-state index >= 15 is 0 Å². The van der Waals surface area contributed by atoms with Crippen LogP contribution in [0.2, 0.25) is 0 Å². The van der Waals surface area contributed by atoms with Gasteiger partial charge in [0.05, 0.1) is 6.61 Å². The van der Waals surface area contributed by atoms with Crippen LogP contribution in [0.3, 0.4) is 0 Å². The number of carbonyl (C=O) groups excluding carboxylic acids is 1. The summed E-state index contributed by atoms with van der Waals surface area (Å²) in [6, 6.07) is 6.23.